The van der Waals surface area contributed by atoms with E-state index in [1.807, 2.05) is 75.7 Å². The minimum Gasteiger partial charge on any atom is -0.444 e. The van der Waals surface area contributed by atoms with Crippen molar-refractivity contribution in [1.29, 1.82) is 0 Å². The molecule has 200 valence electrons. The van der Waals surface area contributed by atoms with Crippen LogP contribution in [0.2, 0.25) is 5.02 Å². The van der Waals surface area contributed by atoms with Gasteiger partial charge in [-0.2, -0.15) is 0 Å². The highest BCUT2D eigenvalue weighted by Gasteiger charge is 2.25. The van der Waals surface area contributed by atoms with Gasteiger partial charge in [0.1, 0.15) is 17.1 Å². The maximum Gasteiger partial charge on any atom is 0.410 e. The molecule has 8 nitrogen and oxygen atoms in total. The topological polar surface area (TPSA) is 89.3 Å². The predicted molar refractivity (Wildman–Crippen MR) is 149 cm³/mol. The van der Waals surface area contributed by atoms with Crippen molar-refractivity contribution in [1.82, 2.24) is 24.8 Å². The Morgan fingerprint density at radius 3 is 2.50 bits per heavy atom. The largest absolute Gasteiger partial charge is 0.444 e. The lowest BCUT2D eigenvalue weighted by Gasteiger charge is -2.30. The van der Waals surface area contributed by atoms with Crippen LogP contribution in [-0.4, -0.2) is 63.1 Å². The monoisotopic (exact) mass is 535 g/mol. The number of carbonyl (C=O) groups is 2. The number of halogens is 1. The zero-order valence-electron chi connectivity index (χ0n) is 22.5. The molecule has 1 aromatic carbocycles. The van der Waals surface area contributed by atoms with Crippen molar-refractivity contribution in [3.8, 4) is 0 Å². The van der Waals surface area contributed by atoms with Gasteiger partial charge in [0.15, 0.2) is 0 Å². The zero-order valence-corrected chi connectivity index (χ0v) is 23.3. The molecule has 1 aliphatic carbocycles. The third-order valence-electron chi connectivity index (χ3n) is 6.41. The molecule has 3 heterocycles. The van der Waals surface area contributed by atoms with Crippen LogP contribution in [0.3, 0.4) is 0 Å². The maximum absolute atomic E-state index is 13.3. The molecule has 1 saturated heterocycles. The highest BCUT2D eigenvalue weighted by atomic mass is 35.5. The molecule has 3 aromatic rings. The summed E-state index contributed by atoms with van der Waals surface area (Å²) in [6.45, 7) is 10.7. The number of allylic oxidation sites excluding steroid dienone is 1. The van der Waals surface area contributed by atoms with E-state index in [1.54, 1.807) is 17.3 Å². The van der Waals surface area contributed by atoms with E-state index in [0.717, 1.165) is 54.4 Å². The number of fused-ring (bicyclic) bond motifs is 2. The van der Waals surface area contributed by atoms with Gasteiger partial charge in [0.05, 0.1) is 11.9 Å². The zero-order chi connectivity index (χ0) is 27.4. The van der Waals surface area contributed by atoms with Crippen molar-refractivity contribution in [3.05, 3.63) is 81.7 Å². The van der Waals surface area contributed by atoms with Crippen LogP contribution < -0.4 is 5.32 Å². The van der Waals surface area contributed by atoms with Gasteiger partial charge in [-0.3, -0.25) is 9.78 Å². The van der Waals surface area contributed by atoms with E-state index in [9.17, 15) is 9.59 Å². The second kappa shape index (κ2) is 11.5. The van der Waals surface area contributed by atoms with Crippen LogP contribution in [-0.2, 0) is 18.2 Å². The van der Waals surface area contributed by atoms with Crippen molar-refractivity contribution in [2.24, 2.45) is 7.05 Å². The summed E-state index contributed by atoms with van der Waals surface area (Å²) in [4.78, 5) is 35.2. The number of hydrogen-bond acceptors (Lipinski definition) is 6. The van der Waals surface area contributed by atoms with Gasteiger partial charge in [-0.25, -0.2) is 9.78 Å². The summed E-state index contributed by atoms with van der Waals surface area (Å²) in [5.74, 6) is 0.731. The van der Waals surface area contributed by atoms with Gasteiger partial charge in [-0.1, -0.05) is 23.7 Å². The number of nitrogens with zero attached hydrogens (tertiary/aromatic N) is 4. The lowest BCUT2D eigenvalue weighted by atomic mass is 9.95. The minimum atomic E-state index is -0.387. The van der Waals surface area contributed by atoms with E-state index < -0.39 is 0 Å². The third kappa shape index (κ3) is 6.49. The van der Waals surface area contributed by atoms with Crippen molar-refractivity contribution < 1.29 is 14.3 Å². The molecule has 38 heavy (non-hydrogen) atoms. The summed E-state index contributed by atoms with van der Waals surface area (Å²) in [6.07, 6.45) is 5.78. The molecule has 2 aromatic heterocycles. The maximum atomic E-state index is 13.3. The molecule has 0 unspecified atom stereocenters. The summed E-state index contributed by atoms with van der Waals surface area (Å²) >= 11 is 6.22. The molecular weight excluding hydrogens is 502 g/mol. The van der Waals surface area contributed by atoms with Crippen LogP contribution in [0.25, 0.3) is 11.6 Å². The molecule has 0 saturated carbocycles. The Morgan fingerprint density at radius 1 is 1.11 bits per heavy atom. The number of hydrogen-bond donors (Lipinski definition) is 1. The molecule has 1 aliphatic heterocycles. The fourth-order valence-corrected chi connectivity index (χ4v) is 4.48. The predicted octanol–water partition coefficient (Wildman–Crippen LogP) is 4.93. The summed E-state index contributed by atoms with van der Waals surface area (Å²) in [7, 11) is 1.85. The number of pyridine rings is 1. The van der Waals surface area contributed by atoms with Crippen LogP contribution in [0.1, 0.15) is 59.5 Å². The number of ketones is 1. The third-order valence-corrected chi connectivity index (χ3v) is 6.65. The van der Waals surface area contributed by atoms with Crippen LogP contribution in [0, 0.1) is 6.92 Å². The van der Waals surface area contributed by atoms with Gasteiger partial charge >= 0.3 is 6.09 Å². The fraction of sp³-hybridized carbons (Fsp3) is 0.379. The average molecular weight is 536 g/mol. The Kier molecular flexibility index (Phi) is 8.33. The molecule has 9 heteroatoms. The summed E-state index contributed by atoms with van der Waals surface area (Å²) < 4.78 is 7.04. The number of nitrogens with one attached hydrogen (secondary N) is 1. The second-order valence-corrected chi connectivity index (χ2v) is 10.8. The van der Waals surface area contributed by atoms with Gasteiger partial charge in [-0.05, 0) is 68.7 Å². The minimum absolute atomic E-state index is 0.0664. The second-order valence-electron chi connectivity index (χ2n) is 10.4. The number of rotatable bonds is 2. The number of amides is 1. The smallest absolute Gasteiger partial charge is 0.410 e. The first-order chi connectivity index (χ1) is 18.0. The number of aromatic nitrogens is 3. The van der Waals surface area contributed by atoms with Gasteiger partial charge in [0.2, 0.25) is 5.78 Å². The summed E-state index contributed by atoms with van der Waals surface area (Å²) in [6, 6.07) is 9.55. The molecule has 0 bridgehead atoms. The molecular formula is C29H34ClN5O3. The quantitative estimate of drug-likeness (QED) is 0.468. The molecule has 1 fully saturated rings. The number of imidazole rings is 1. The SMILES string of the molecule is CC(C)(C)OC(=O)N1CCNCC1.Cc1ncc(C(=O)C2=Cc3cccnc3Cc3ccc(Cl)cc32)n1C. The number of aryl methyl sites for hydroxylation is 1. The lowest BCUT2D eigenvalue weighted by Crippen LogP contribution is -2.48. The van der Waals surface area contributed by atoms with E-state index in [2.05, 4.69) is 15.3 Å². The first-order valence-corrected chi connectivity index (χ1v) is 13.1. The van der Waals surface area contributed by atoms with Gasteiger partial charge in [0, 0.05) is 56.4 Å². The van der Waals surface area contributed by atoms with Gasteiger partial charge in [-0.15, -0.1) is 0 Å². The highest BCUT2D eigenvalue weighted by molar-refractivity contribution is 6.34. The number of ether oxygens (including phenoxy) is 1. The van der Waals surface area contributed by atoms with E-state index in [0.29, 0.717) is 22.7 Å². The Labute approximate surface area is 228 Å². The first kappa shape index (κ1) is 27.5. The van der Waals surface area contributed by atoms with Crippen LogP contribution in [0.4, 0.5) is 4.79 Å². The summed E-state index contributed by atoms with van der Waals surface area (Å²) in [5, 5.41) is 3.79. The number of carbonyl (C=O) groups excluding carboxylic acids is 2. The first-order valence-electron chi connectivity index (χ1n) is 12.7. The number of Topliss-reactive ketones (excluding diaryl/α,β-unsaturated/α-hetero) is 1. The Hall–Kier alpha value is -3.49. The van der Waals surface area contributed by atoms with Gasteiger partial charge < -0.3 is 19.5 Å². The molecule has 0 radical (unpaired) electrons. The molecule has 2 aliphatic rings. The molecule has 1 amide bonds. The fourth-order valence-electron chi connectivity index (χ4n) is 4.31. The van der Waals surface area contributed by atoms with Crippen molar-refractivity contribution >= 4 is 35.1 Å². The van der Waals surface area contributed by atoms with E-state index in [-0.39, 0.29) is 17.5 Å². The Bertz CT molecular complexity index is 1370. The number of benzene rings is 1. The van der Waals surface area contributed by atoms with E-state index in [1.165, 1.54) is 0 Å². The number of piperazine rings is 1. The highest BCUT2D eigenvalue weighted by Crippen LogP contribution is 2.33. The average Bonchev–Trinajstić information content (AvgIpc) is 3.12. The molecule has 0 spiro atoms. The Balaban J connectivity index is 0.000000219. The van der Waals surface area contributed by atoms with Gasteiger partial charge in [0.25, 0.3) is 0 Å². The van der Waals surface area contributed by atoms with E-state index in [4.69, 9.17) is 16.3 Å². The standard InChI is InChI=1S/C20H16ClN3O.C9H18N2O2/c1-12-23-11-19(24(12)2)20(25)17-8-14-4-3-7-22-18(14)9-13-5-6-15(21)10-16(13)17;1-9(2,3)13-8(12)11-6-4-10-5-7-11/h3-8,10-11H,9H2,1-2H3;10H,4-7H2,1-3H3. The summed E-state index contributed by atoms with van der Waals surface area (Å²) in [5.41, 5.74) is 4.60. The molecule has 0 atom stereocenters. The van der Waals surface area contributed by atoms with Crippen LogP contribution in [0.5, 0.6) is 0 Å². The van der Waals surface area contributed by atoms with E-state index >= 15 is 0 Å². The van der Waals surface area contributed by atoms with Crippen LogP contribution in [0.15, 0.2) is 42.7 Å². The Morgan fingerprint density at radius 2 is 1.84 bits per heavy atom. The molecule has 5 rings (SSSR count). The van der Waals surface area contributed by atoms with Crippen molar-refractivity contribution in [2.75, 3.05) is 26.2 Å². The van der Waals surface area contributed by atoms with Crippen molar-refractivity contribution in [3.63, 3.8) is 0 Å². The lowest BCUT2D eigenvalue weighted by molar-refractivity contribution is 0.0229. The normalized spacial score (nSPS) is 14.8. The van der Waals surface area contributed by atoms with Crippen molar-refractivity contribution in [2.45, 2.75) is 39.7 Å². The molecule has 1 N–H and O–H groups in total. The van der Waals surface area contributed by atoms with Crippen LogP contribution >= 0.6 is 11.6 Å².